The summed E-state index contributed by atoms with van der Waals surface area (Å²) in [5.41, 5.74) is 2.72. The summed E-state index contributed by atoms with van der Waals surface area (Å²) >= 11 is 0. The summed E-state index contributed by atoms with van der Waals surface area (Å²) in [6.45, 7) is 8.06. The first-order chi connectivity index (χ1) is 15.1. The minimum Gasteiger partial charge on any atom is -0.493 e. The molecule has 1 fully saturated rings. The number of benzene rings is 2. The molecule has 1 heterocycles. The predicted octanol–water partition coefficient (Wildman–Crippen LogP) is 3.60. The van der Waals surface area contributed by atoms with Gasteiger partial charge in [-0.3, -0.25) is 9.89 Å². The van der Waals surface area contributed by atoms with Crippen molar-refractivity contribution < 1.29 is 9.47 Å². The second kappa shape index (κ2) is 11.6. The maximum absolute atomic E-state index is 6.02. The van der Waals surface area contributed by atoms with Gasteiger partial charge in [0, 0.05) is 32.7 Å². The molecule has 0 spiro atoms. The normalized spacial score (nSPS) is 16.6. The number of hydrogen-bond donors (Lipinski definition) is 2. The smallest absolute Gasteiger partial charge is 0.191 e. The maximum atomic E-state index is 6.02. The largest absolute Gasteiger partial charge is 0.493 e. The predicted molar refractivity (Wildman–Crippen MR) is 127 cm³/mol. The van der Waals surface area contributed by atoms with Crippen molar-refractivity contribution in [2.45, 2.75) is 45.4 Å². The lowest BCUT2D eigenvalue weighted by atomic mass is 10.0. The topological polar surface area (TPSA) is 58.1 Å². The Kier molecular flexibility index (Phi) is 8.59. The molecule has 2 aromatic rings. The number of likely N-dealkylation sites (tertiary alicyclic amines) is 1. The number of aliphatic imine (C=N–C) groups is 1. The van der Waals surface area contributed by atoms with E-state index in [-0.39, 0.29) is 6.10 Å². The number of ether oxygens (including phenoxy) is 2. The number of rotatable bonds is 8. The number of hydrogen-bond acceptors (Lipinski definition) is 4. The monoisotopic (exact) mass is 424 g/mol. The van der Waals surface area contributed by atoms with E-state index in [0.29, 0.717) is 12.6 Å². The second-order valence-corrected chi connectivity index (χ2v) is 8.22. The number of nitrogens with one attached hydrogen (secondary N) is 2. The summed E-state index contributed by atoms with van der Waals surface area (Å²) in [6, 6.07) is 16.9. The van der Waals surface area contributed by atoms with Gasteiger partial charge in [0.1, 0.15) is 6.10 Å². The third kappa shape index (κ3) is 7.17. The third-order valence-electron chi connectivity index (χ3n) is 5.59. The van der Waals surface area contributed by atoms with E-state index < -0.39 is 0 Å². The van der Waals surface area contributed by atoms with Gasteiger partial charge in [0.05, 0.1) is 13.7 Å². The van der Waals surface area contributed by atoms with Crippen LogP contribution in [0.3, 0.4) is 0 Å². The van der Waals surface area contributed by atoms with Crippen LogP contribution in [0, 0.1) is 6.92 Å². The van der Waals surface area contributed by atoms with Gasteiger partial charge in [-0.25, -0.2) is 0 Å². The Labute approximate surface area is 186 Å². The van der Waals surface area contributed by atoms with Gasteiger partial charge in [-0.05, 0) is 44.4 Å². The molecule has 0 radical (unpaired) electrons. The fourth-order valence-corrected chi connectivity index (χ4v) is 3.91. The zero-order valence-corrected chi connectivity index (χ0v) is 19.2. The molecule has 6 heteroatoms. The molecule has 3 rings (SSSR count). The molecule has 2 N–H and O–H groups in total. The third-order valence-corrected chi connectivity index (χ3v) is 5.59. The van der Waals surface area contributed by atoms with Crippen LogP contribution in [0.2, 0.25) is 0 Å². The number of aryl methyl sites for hydroxylation is 1. The van der Waals surface area contributed by atoms with Gasteiger partial charge in [0.25, 0.3) is 0 Å². The summed E-state index contributed by atoms with van der Waals surface area (Å²) in [6.07, 6.45) is 2.20. The fraction of sp³-hybridized carbons (Fsp3) is 0.480. The maximum Gasteiger partial charge on any atom is 0.191 e. The molecule has 31 heavy (non-hydrogen) atoms. The Hall–Kier alpha value is -2.73. The summed E-state index contributed by atoms with van der Waals surface area (Å²) in [5.74, 6) is 2.32. The Morgan fingerprint density at radius 2 is 1.87 bits per heavy atom. The summed E-state index contributed by atoms with van der Waals surface area (Å²) in [4.78, 5) is 6.93. The highest BCUT2D eigenvalue weighted by molar-refractivity contribution is 5.80. The Bertz CT molecular complexity index is 847. The van der Waals surface area contributed by atoms with E-state index in [1.54, 1.807) is 7.11 Å². The van der Waals surface area contributed by atoms with Gasteiger partial charge >= 0.3 is 0 Å². The van der Waals surface area contributed by atoms with Crippen LogP contribution >= 0.6 is 0 Å². The highest BCUT2D eigenvalue weighted by Gasteiger charge is 2.20. The quantitative estimate of drug-likeness (QED) is 0.501. The van der Waals surface area contributed by atoms with Crippen molar-refractivity contribution in [3.63, 3.8) is 0 Å². The number of nitrogens with zero attached hydrogens (tertiary/aromatic N) is 2. The van der Waals surface area contributed by atoms with Crippen LogP contribution in [0.15, 0.2) is 53.5 Å². The van der Waals surface area contributed by atoms with Crippen LogP contribution in [0.5, 0.6) is 11.5 Å². The van der Waals surface area contributed by atoms with E-state index in [1.807, 2.05) is 38.2 Å². The van der Waals surface area contributed by atoms with Gasteiger partial charge in [-0.15, -0.1) is 0 Å². The van der Waals surface area contributed by atoms with Crippen molar-refractivity contribution in [1.82, 2.24) is 15.5 Å². The molecule has 2 aromatic carbocycles. The molecule has 168 valence electrons. The van der Waals surface area contributed by atoms with Crippen LogP contribution < -0.4 is 20.1 Å². The SMILES string of the molecule is CN=C(NCC(C)Oc1ccccc1OC)NC1CCN(Cc2cccc(C)c2)CC1. The fourth-order valence-electron chi connectivity index (χ4n) is 3.91. The molecule has 6 nitrogen and oxygen atoms in total. The summed E-state index contributed by atoms with van der Waals surface area (Å²) < 4.78 is 11.4. The van der Waals surface area contributed by atoms with Gasteiger partial charge in [-0.1, -0.05) is 42.0 Å². The van der Waals surface area contributed by atoms with E-state index in [9.17, 15) is 0 Å². The van der Waals surface area contributed by atoms with Crippen molar-refractivity contribution in [1.29, 1.82) is 0 Å². The van der Waals surface area contributed by atoms with Gasteiger partial charge in [-0.2, -0.15) is 0 Å². The molecule has 1 unspecified atom stereocenters. The van der Waals surface area contributed by atoms with Crippen molar-refractivity contribution >= 4 is 5.96 Å². The molecular formula is C25H36N4O2. The van der Waals surface area contributed by atoms with Crippen LogP contribution in [0.25, 0.3) is 0 Å². The standard InChI is InChI=1S/C25H36N4O2/c1-19-8-7-9-21(16-19)18-29-14-12-22(13-15-29)28-25(26-3)27-17-20(2)31-24-11-6-5-10-23(24)30-4/h5-11,16,20,22H,12-15,17-18H2,1-4H3,(H2,26,27,28). The van der Waals surface area contributed by atoms with Crippen molar-refractivity contribution in [3.8, 4) is 11.5 Å². The molecule has 1 atom stereocenters. The van der Waals surface area contributed by atoms with E-state index in [0.717, 1.165) is 49.9 Å². The van der Waals surface area contributed by atoms with Crippen molar-refractivity contribution in [2.75, 3.05) is 33.8 Å². The molecule has 0 saturated carbocycles. The molecule has 1 aliphatic rings. The van der Waals surface area contributed by atoms with Gasteiger partial charge < -0.3 is 20.1 Å². The average molecular weight is 425 g/mol. The molecular weight excluding hydrogens is 388 g/mol. The minimum absolute atomic E-state index is 0.0222. The molecule has 0 amide bonds. The first kappa shape index (κ1) is 22.9. The number of guanidine groups is 1. The van der Waals surface area contributed by atoms with Crippen molar-refractivity contribution in [3.05, 3.63) is 59.7 Å². The molecule has 1 saturated heterocycles. The number of piperidine rings is 1. The van der Waals surface area contributed by atoms with E-state index in [4.69, 9.17) is 9.47 Å². The Morgan fingerprint density at radius 1 is 1.13 bits per heavy atom. The first-order valence-electron chi connectivity index (χ1n) is 11.1. The zero-order valence-electron chi connectivity index (χ0n) is 19.2. The molecule has 0 aliphatic carbocycles. The molecule has 1 aliphatic heterocycles. The second-order valence-electron chi connectivity index (χ2n) is 8.22. The van der Waals surface area contributed by atoms with Gasteiger partial charge in [0.2, 0.25) is 0 Å². The minimum atomic E-state index is -0.0222. The Morgan fingerprint density at radius 3 is 2.55 bits per heavy atom. The van der Waals surface area contributed by atoms with E-state index in [1.165, 1.54) is 11.1 Å². The average Bonchev–Trinajstić information content (AvgIpc) is 2.78. The molecule has 0 bridgehead atoms. The van der Waals surface area contributed by atoms with Crippen LogP contribution in [0.4, 0.5) is 0 Å². The lowest BCUT2D eigenvalue weighted by molar-refractivity contribution is 0.197. The lowest BCUT2D eigenvalue weighted by Gasteiger charge is -2.33. The van der Waals surface area contributed by atoms with Crippen LogP contribution in [0.1, 0.15) is 30.9 Å². The van der Waals surface area contributed by atoms with Crippen LogP contribution in [-0.4, -0.2) is 56.8 Å². The number of para-hydroxylation sites is 2. The zero-order chi connectivity index (χ0) is 22.1. The summed E-state index contributed by atoms with van der Waals surface area (Å²) in [7, 11) is 3.47. The first-order valence-corrected chi connectivity index (χ1v) is 11.1. The van der Waals surface area contributed by atoms with E-state index in [2.05, 4.69) is 51.7 Å². The van der Waals surface area contributed by atoms with E-state index >= 15 is 0 Å². The highest BCUT2D eigenvalue weighted by Crippen LogP contribution is 2.26. The highest BCUT2D eigenvalue weighted by atomic mass is 16.5. The number of methoxy groups -OCH3 is 1. The lowest BCUT2D eigenvalue weighted by Crippen LogP contribution is -2.49. The summed E-state index contributed by atoms with van der Waals surface area (Å²) in [5, 5.41) is 6.96. The van der Waals surface area contributed by atoms with Crippen molar-refractivity contribution in [2.24, 2.45) is 4.99 Å². The van der Waals surface area contributed by atoms with Gasteiger partial charge in [0.15, 0.2) is 17.5 Å². The van der Waals surface area contributed by atoms with Crippen LogP contribution in [-0.2, 0) is 6.54 Å². The Balaban J connectivity index is 1.40. The molecule has 0 aromatic heterocycles.